The van der Waals surface area contributed by atoms with Crippen molar-refractivity contribution in [1.29, 1.82) is 0 Å². The summed E-state index contributed by atoms with van der Waals surface area (Å²) >= 11 is 0. The topological polar surface area (TPSA) is 66.5 Å². The number of aryl methyl sites for hydroxylation is 1. The van der Waals surface area contributed by atoms with Gasteiger partial charge in [0, 0.05) is 24.7 Å². The molecule has 1 aromatic carbocycles. The molecule has 0 aliphatic rings. The van der Waals surface area contributed by atoms with Crippen LogP contribution in [0.2, 0.25) is 0 Å². The molecule has 0 fully saturated rings. The van der Waals surface area contributed by atoms with Crippen LogP contribution >= 0.6 is 0 Å². The number of carbonyl (C=O) groups excluding carboxylic acids is 1. The highest BCUT2D eigenvalue weighted by molar-refractivity contribution is 7.88. The van der Waals surface area contributed by atoms with Gasteiger partial charge < -0.3 is 5.32 Å². The lowest BCUT2D eigenvalue weighted by atomic mass is 10.1. The lowest BCUT2D eigenvalue weighted by Crippen LogP contribution is -2.42. The quantitative estimate of drug-likeness (QED) is 0.834. The number of carbonyl (C=O) groups is 1. The molecular weight excluding hydrogens is 288 g/mol. The largest absolute Gasteiger partial charge is 0.351 e. The minimum absolute atomic E-state index is 0.0737. The van der Waals surface area contributed by atoms with E-state index >= 15 is 0 Å². The van der Waals surface area contributed by atoms with Gasteiger partial charge in [-0.3, -0.25) is 4.79 Å². The molecular formula is C15H24N2O3S. The molecule has 0 bridgehead atoms. The van der Waals surface area contributed by atoms with Gasteiger partial charge in [0.1, 0.15) is 0 Å². The second-order valence-corrected chi connectivity index (χ2v) is 7.14. The van der Waals surface area contributed by atoms with E-state index in [0.29, 0.717) is 12.1 Å². The first-order valence-electron chi connectivity index (χ1n) is 7.08. The molecule has 0 heterocycles. The van der Waals surface area contributed by atoms with Gasteiger partial charge in [0.25, 0.3) is 5.91 Å². The summed E-state index contributed by atoms with van der Waals surface area (Å²) in [4.78, 5) is 12.1. The van der Waals surface area contributed by atoms with Crippen LogP contribution in [0.1, 0.15) is 36.2 Å². The first-order chi connectivity index (χ1) is 9.77. The van der Waals surface area contributed by atoms with Gasteiger partial charge in [-0.25, -0.2) is 8.42 Å². The highest BCUT2D eigenvalue weighted by atomic mass is 32.2. The van der Waals surface area contributed by atoms with Crippen molar-refractivity contribution < 1.29 is 13.2 Å². The van der Waals surface area contributed by atoms with E-state index in [1.54, 1.807) is 6.07 Å². The molecule has 1 N–H and O–H groups in total. The van der Waals surface area contributed by atoms with E-state index < -0.39 is 10.0 Å². The molecule has 0 saturated carbocycles. The number of nitrogens with one attached hydrogen (secondary N) is 1. The van der Waals surface area contributed by atoms with Crippen molar-refractivity contribution in [3.8, 4) is 0 Å². The first kappa shape index (κ1) is 17.7. The van der Waals surface area contributed by atoms with Gasteiger partial charge in [0.15, 0.2) is 0 Å². The Kier molecular flexibility index (Phi) is 6.36. The summed E-state index contributed by atoms with van der Waals surface area (Å²) in [6.07, 6.45) is 1.93. The standard InChI is InChI=1S/C15H24N2O3S/c1-5-13(3)17(21(4,19)20)11-10-16-15(18)14-9-7-6-8-12(14)2/h6-9,13H,5,10-11H2,1-4H3,(H,16,18). The Morgan fingerprint density at radius 3 is 2.48 bits per heavy atom. The van der Waals surface area contributed by atoms with Crippen molar-refractivity contribution in [2.45, 2.75) is 33.2 Å². The van der Waals surface area contributed by atoms with Crippen LogP contribution in [0.4, 0.5) is 0 Å². The van der Waals surface area contributed by atoms with Crippen molar-refractivity contribution in [3.05, 3.63) is 35.4 Å². The number of benzene rings is 1. The summed E-state index contributed by atoms with van der Waals surface area (Å²) in [6, 6.07) is 7.24. The maximum atomic E-state index is 12.1. The summed E-state index contributed by atoms with van der Waals surface area (Å²) in [6.45, 7) is 6.26. The molecule has 1 unspecified atom stereocenters. The Morgan fingerprint density at radius 2 is 1.95 bits per heavy atom. The summed E-state index contributed by atoms with van der Waals surface area (Å²) in [5.41, 5.74) is 1.52. The molecule has 1 rings (SSSR count). The van der Waals surface area contributed by atoms with Gasteiger partial charge in [0.05, 0.1) is 6.26 Å². The first-order valence-corrected chi connectivity index (χ1v) is 8.92. The van der Waals surface area contributed by atoms with E-state index in [0.717, 1.165) is 12.0 Å². The smallest absolute Gasteiger partial charge is 0.251 e. The van der Waals surface area contributed by atoms with Crippen LogP contribution in [-0.4, -0.2) is 44.0 Å². The molecule has 1 amide bonds. The van der Waals surface area contributed by atoms with Crippen molar-refractivity contribution >= 4 is 15.9 Å². The Bertz CT molecular complexity index is 584. The van der Waals surface area contributed by atoms with Crippen LogP contribution in [-0.2, 0) is 10.0 Å². The number of nitrogens with zero attached hydrogens (tertiary/aromatic N) is 1. The normalized spacial score (nSPS) is 13.2. The predicted octanol–water partition coefficient (Wildman–Crippen LogP) is 1.78. The summed E-state index contributed by atoms with van der Waals surface area (Å²) in [5, 5.41) is 2.78. The molecule has 0 saturated heterocycles. The highest BCUT2D eigenvalue weighted by Crippen LogP contribution is 2.09. The summed E-state index contributed by atoms with van der Waals surface area (Å²) < 4.78 is 24.9. The van der Waals surface area contributed by atoms with E-state index in [-0.39, 0.29) is 18.5 Å². The van der Waals surface area contributed by atoms with Crippen LogP contribution in [0, 0.1) is 6.92 Å². The van der Waals surface area contributed by atoms with Crippen LogP contribution in [0.25, 0.3) is 0 Å². The van der Waals surface area contributed by atoms with Crippen molar-refractivity contribution in [3.63, 3.8) is 0 Å². The van der Waals surface area contributed by atoms with Crippen LogP contribution < -0.4 is 5.32 Å². The zero-order chi connectivity index (χ0) is 16.0. The maximum absolute atomic E-state index is 12.1. The second-order valence-electron chi connectivity index (χ2n) is 5.20. The predicted molar refractivity (Wildman–Crippen MR) is 84.8 cm³/mol. The lowest BCUT2D eigenvalue weighted by molar-refractivity contribution is 0.0950. The van der Waals surface area contributed by atoms with Gasteiger partial charge >= 0.3 is 0 Å². The average Bonchev–Trinajstić information content (AvgIpc) is 2.41. The molecule has 0 spiro atoms. The SMILES string of the molecule is CCC(C)N(CCNC(=O)c1ccccc1C)S(C)(=O)=O. The van der Waals surface area contributed by atoms with Gasteiger partial charge in [0.2, 0.25) is 10.0 Å². The van der Waals surface area contributed by atoms with Crippen molar-refractivity contribution in [2.24, 2.45) is 0 Å². The fourth-order valence-corrected chi connectivity index (χ4v) is 3.34. The molecule has 21 heavy (non-hydrogen) atoms. The van der Waals surface area contributed by atoms with Crippen molar-refractivity contribution in [1.82, 2.24) is 9.62 Å². The van der Waals surface area contributed by atoms with Crippen LogP contribution in [0.3, 0.4) is 0 Å². The van der Waals surface area contributed by atoms with Gasteiger partial charge in [-0.05, 0) is 31.9 Å². The van der Waals surface area contributed by atoms with E-state index in [1.165, 1.54) is 10.6 Å². The zero-order valence-electron chi connectivity index (χ0n) is 13.1. The third-order valence-electron chi connectivity index (χ3n) is 3.52. The van der Waals surface area contributed by atoms with Gasteiger partial charge in [-0.15, -0.1) is 0 Å². The Balaban J connectivity index is 2.63. The van der Waals surface area contributed by atoms with E-state index in [2.05, 4.69) is 5.32 Å². The minimum atomic E-state index is -3.26. The number of rotatable bonds is 7. The molecule has 1 aromatic rings. The molecule has 0 aliphatic carbocycles. The zero-order valence-corrected chi connectivity index (χ0v) is 13.9. The number of sulfonamides is 1. The maximum Gasteiger partial charge on any atom is 0.251 e. The van der Waals surface area contributed by atoms with E-state index in [9.17, 15) is 13.2 Å². The molecule has 0 aliphatic heterocycles. The van der Waals surface area contributed by atoms with Gasteiger partial charge in [-0.1, -0.05) is 25.1 Å². The molecule has 118 valence electrons. The molecule has 1 atom stereocenters. The molecule has 5 nitrogen and oxygen atoms in total. The van der Waals surface area contributed by atoms with Crippen LogP contribution in [0.5, 0.6) is 0 Å². The van der Waals surface area contributed by atoms with Crippen LogP contribution in [0.15, 0.2) is 24.3 Å². The van der Waals surface area contributed by atoms with Crippen molar-refractivity contribution in [2.75, 3.05) is 19.3 Å². The monoisotopic (exact) mass is 312 g/mol. The summed E-state index contributed by atoms with van der Waals surface area (Å²) in [5.74, 6) is -0.175. The Labute approximate surface area is 127 Å². The summed E-state index contributed by atoms with van der Waals surface area (Å²) in [7, 11) is -3.26. The average molecular weight is 312 g/mol. The fourth-order valence-electron chi connectivity index (χ4n) is 2.12. The molecule has 0 radical (unpaired) electrons. The third-order valence-corrected chi connectivity index (χ3v) is 4.91. The highest BCUT2D eigenvalue weighted by Gasteiger charge is 2.21. The lowest BCUT2D eigenvalue weighted by Gasteiger charge is -2.26. The fraction of sp³-hybridized carbons (Fsp3) is 0.533. The Morgan fingerprint density at radius 1 is 1.33 bits per heavy atom. The number of amides is 1. The van der Waals surface area contributed by atoms with E-state index in [4.69, 9.17) is 0 Å². The third kappa shape index (κ3) is 5.13. The molecule has 0 aromatic heterocycles. The number of hydrogen-bond acceptors (Lipinski definition) is 3. The van der Waals surface area contributed by atoms with Gasteiger partial charge in [-0.2, -0.15) is 4.31 Å². The Hall–Kier alpha value is -1.40. The van der Waals surface area contributed by atoms with E-state index in [1.807, 2.05) is 39.0 Å². The second kappa shape index (κ2) is 7.56. The number of hydrogen-bond donors (Lipinski definition) is 1. The minimum Gasteiger partial charge on any atom is -0.351 e. The molecule has 6 heteroatoms.